The summed E-state index contributed by atoms with van der Waals surface area (Å²) in [6.07, 6.45) is -4.19. The van der Waals surface area contributed by atoms with Crippen molar-refractivity contribution in [3.63, 3.8) is 0 Å². The van der Waals surface area contributed by atoms with Crippen molar-refractivity contribution in [3.8, 4) is 0 Å². The van der Waals surface area contributed by atoms with E-state index in [1.165, 1.54) is 0 Å². The zero-order chi connectivity index (χ0) is 19.7. The zero-order valence-corrected chi connectivity index (χ0v) is 16.9. The van der Waals surface area contributed by atoms with Gasteiger partial charge in [0, 0.05) is 0 Å². The highest BCUT2D eigenvalue weighted by molar-refractivity contribution is 6.99. The monoisotopic (exact) mass is 388 g/mol. The Labute approximate surface area is 161 Å². The van der Waals surface area contributed by atoms with Crippen molar-refractivity contribution >= 4 is 18.7 Å². The van der Waals surface area contributed by atoms with Gasteiger partial charge in [0.2, 0.25) is 0 Å². The van der Waals surface area contributed by atoms with E-state index < -0.39 is 32.9 Å². The molecule has 4 atom stereocenters. The van der Waals surface area contributed by atoms with E-state index in [9.17, 15) is 15.3 Å². The van der Waals surface area contributed by atoms with Crippen molar-refractivity contribution in [2.45, 2.75) is 50.4 Å². The summed E-state index contributed by atoms with van der Waals surface area (Å²) in [6, 6.07) is 20.0. The number of ether oxygens (including phenoxy) is 1. The van der Waals surface area contributed by atoms with Gasteiger partial charge in [0.25, 0.3) is 8.32 Å². The van der Waals surface area contributed by atoms with Crippen LogP contribution in [0.4, 0.5) is 0 Å². The van der Waals surface area contributed by atoms with Crippen molar-refractivity contribution in [1.29, 1.82) is 0 Å². The van der Waals surface area contributed by atoms with Gasteiger partial charge in [-0.25, -0.2) is 0 Å². The number of rotatable bonds is 5. The van der Waals surface area contributed by atoms with Gasteiger partial charge in [-0.15, -0.1) is 0 Å². The third-order valence-electron chi connectivity index (χ3n) is 5.22. The SMILES string of the molecule is CC(C)(C)[Si](O[C@H]1C(O)O[C@H](CO)[C@H]1O)(c1ccccc1)c1ccccc1. The van der Waals surface area contributed by atoms with Crippen LogP contribution in [-0.2, 0) is 9.16 Å². The molecule has 0 saturated carbocycles. The van der Waals surface area contributed by atoms with E-state index >= 15 is 0 Å². The molecule has 1 saturated heterocycles. The highest BCUT2D eigenvalue weighted by Gasteiger charge is 2.55. The number of aliphatic hydroxyl groups excluding tert-OH is 3. The van der Waals surface area contributed by atoms with Gasteiger partial charge < -0.3 is 24.5 Å². The first kappa shape index (κ1) is 20.2. The van der Waals surface area contributed by atoms with Gasteiger partial charge in [-0.1, -0.05) is 81.4 Å². The summed E-state index contributed by atoms with van der Waals surface area (Å²) in [6.45, 7) is 5.99. The van der Waals surface area contributed by atoms with Crippen molar-refractivity contribution < 1.29 is 24.5 Å². The lowest BCUT2D eigenvalue weighted by Crippen LogP contribution is -2.69. The molecule has 27 heavy (non-hydrogen) atoms. The van der Waals surface area contributed by atoms with Crippen molar-refractivity contribution in [2.24, 2.45) is 0 Å². The van der Waals surface area contributed by atoms with Crippen LogP contribution in [-0.4, -0.2) is 54.8 Å². The van der Waals surface area contributed by atoms with Crippen LogP contribution in [0.5, 0.6) is 0 Å². The molecule has 2 aromatic rings. The van der Waals surface area contributed by atoms with Crippen LogP contribution in [0.15, 0.2) is 60.7 Å². The predicted molar refractivity (Wildman–Crippen MR) is 106 cm³/mol. The Morgan fingerprint density at radius 1 is 0.926 bits per heavy atom. The third kappa shape index (κ3) is 3.61. The summed E-state index contributed by atoms with van der Waals surface area (Å²) in [5.41, 5.74) is 0. The fraction of sp³-hybridized carbons (Fsp3) is 0.429. The van der Waals surface area contributed by atoms with E-state index in [0.29, 0.717) is 0 Å². The lowest BCUT2D eigenvalue weighted by Gasteiger charge is -2.45. The molecular weight excluding hydrogens is 360 g/mol. The summed E-state index contributed by atoms with van der Waals surface area (Å²) in [5.74, 6) is 0. The molecule has 1 aliphatic heterocycles. The maximum absolute atomic E-state index is 10.6. The number of aliphatic hydroxyl groups is 3. The van der Waals surface area contributed by atoms with Gasteiger partial charge in [-0.2, -0.15) is 0 Å². The molecular formula is C21H28O5Si. The molecule has 1 heterocycles. The molecule has 1 aliphatic rings. The Kier molecular flexibility index (Phi) is 5.86. The fourth-order valence-electron chi connectivity index (χ4n) is 3.89. The minimum Gasteiger partial charge on any atom is -0.396 e. The summed E-state index contributed by atoms with van der Waals surface area (Å²) in [4.78, 5) is 0. The Balaban J connectivity index is 2.16. The molecule has 3 N–H and O–H groups in total. The van der Waals surface area contributed by atoms with Gasteiger partial charge in [-0.05, 0) is 15.4 Å². The zero-order valence-electron chi connectivity index (χ0n) is 15.9. The van der Waals surface area contributed by atoms with Gasteiger partial charge in [0.1, 0.15) is 18.3 Å². The standard InChI is InChI=1S/C21H28O5Si/c1-21(2,3)27(15-10-6-4-7-11-15,16-12-8-5-9-13-16)26-19-18(23)17(14-22)25-20(19)24/h4-13,17-20,22-24H,14H2,1-3H3/t17-,18-,19-,20?/m1/s1. The molecule has 1 fully saturated rings. The quantitative estimate of drug-likeness (QED) is 0.666. The average Bonchev–Trinajstić information content (AvgIpc) is 2.93. The molecule has 3 rings (SSSR count). The van der Waals surface area contributed by atoms with E-state index in [1.807, 2.05) is 60.7 Å². The molecule has 0 radical (unpaired) electrons. The second-order valence-electron chi connectivity index (χ2n) is 7.98. The second kappa shape index (κ2) is 7.83. The topological polar surface area (TPSA) is 79.2 Å². The summed E-state index contributed by atoms with van der Waals surface area (Å²) in [5, 5.41) is 32.2. The van der Waals surface area contributed by atoms with E-state index in [0.717, 1.165) is 10.4 Å². The average molecular weight is 389 g/mol. The van der Waals surface area contributed by atoms with Crippen LogP contribution in [0.3, 0.4) is 0 Å². The Morgan fingerprint density at radius 3 is 1.78 bits per heavy atom. The first-order valence-corrected chi connectivity index (χ1v) is 11.1. The van der Waals surface area contributed by atoms with Crippen LogP contribution < -0.4 is 10.4 Å². The van der Waals surface area contributed by atoms with E-state index in [1.54, 1.807) is 0 Å². The summed E-state index contributed by atoms with van der Waals surface area (Å²) >= 11 is 0. The molecule has 0 spiro atoms. The first-order valence-electron chi connectivity index (χ1n) is 9.22. The van der Waals surface area contributed by atoms with Gasteiger partial charge >= 0.3 is 0 Å². The molecule has 5 nitrogen and oxygen atoms in total. The van der Waals surface area contributed by atoms with Crippen molar-refractivity contribution in [3.05, 3.63) is 60.7 Å². The van der Waals surface area contributed by atoms with Gasteiger partial charge in [0.15, 0.2) is 6.29 Å². The third-order valence-corrected chi connectivity index (χ3v) is 10.3. The molecule has 0 aromatic heterocycles. The largest absolute Gasteiger partial charge is 0.396 e. The Bertz CT molecular complexity index is 692. The van der Waals surface area contributed by atoms with Crippen LogP contribution in [0, 0.1) is 0 Å². The maximum atomic E-state index is 10.6. The van der Waals surface area contributed by atoms with E-state index in [4.69, 9.17) is 9.16 Å². The van der Waals surface area contributed by atoms with Crippen molar-refractivity contribution in [1.82, 2.24) is 0 Å². The second-order valence-corrected chi connectivity index (χ2v) is 12.2. The highest BCUT2D eigenvalue weighted by Crippen LogP contribution is 2.39. The van der Waals surface area contributed by atoms with Gasteiger partial charge in [0.05, 0.1) is 6.61 Å². The minimum atomic E-state index is -2.92. The van der Waals surface area contributed by atoms with E-state index in [-0.39, 0.29) is 11.6 Å². The summed E-state index contributed by atoms with van der Waals surface area (Å²) < 4.78 is 12.0. The summed E-state index contributed by atoms with van der Waals surface area (Å²) in [7, 11) is -2.92. The van der Waals surface area contributed by atoms with E-state index in [2.05, 4.69) is 20.8 Å². The normalized spacial score (nSPS) is 26.3. The predicted octanol–water partition coefficient (Wildman–Crippen LogP) is 1.00. The molecule has 0 bridgehead atoms. The van der Waals surface area contributed by atoms with Crippen LogP contribution in [0.2, 0.25) is 5.04 Å². The first-order chi connectivity index (χ1) is 12.8. The molecule has 0 aliphatic carbocycles. The smallest absolute Gasteiger partial charge is 0.261 e. The number of benzene rings is 2. The number of hydrogen-bond acceptors (Lipinski definition) is 5. The molecule has 1 unspecified atom stereocenters. The molecule has 6 heteroatoms. The lowest BCUT2D eigenvalue weighted by molar-refractivity contribution is -0.129. The van der Waals surface area contributed by atoms with Crippen LogP contribution >= 0.6 is 0 Å². The molecule has 146 valence electrons. The molecule has 2 aromatic carbocycles. The van der Waals surface area contributed by atoms with Crippen molar-refractivity contribution in [2.75, 3.05) is 6.61 Å². The Morgan fingerprint density at radius 2 is 1.41 bits per heavy atom. The Hall–Kier alpha value is -1.54. The molecule has 0 amide bonds. The number of hydrogen-bond donors (Lipinski definition) is 3. The lowest BCUT2D eigenvalue weighted by atomic mass is 10.1. The minimum absolute atomic E-state index is 0.285. The van der Waals surface area contributed by atoms with Crippen LogP contribution in [0.1, 0.15) is 20.8 Å². The maximum Gasteiger partial charge on any atom is 0.261 e. The fourth-order valence-corrected chi connectivity index (χ4v) is 8.57. The van der Waals surface area contributed by atoms with Gasteiger partial charge in [-0.3, -0.25) is 0 Å². The highest BCUT2D eigenvalue weighted by atomic mass is 28.4. The van der Waals surface area contributed by atoms with Crippen LogP contribution in [0.25, 0.3) is 0 Å².